The second-order valence-corrected chi connectivity index (χ2v) is 7.31. The first-order valence-corrected chi connectivity index (χ1v) is 8.78. The normalized spacial score (nSPS) is 21.8. The van der Waals surface area contributed by atoms with Gasteiger partial charge in [-0.15, -0.1) is 0 Å². The van der Waals surface area contributed by atoms with Gasteiger partial charge in [0.05, 0.1) is 0 Å². The van der Waals surface area contributed by atoms with Crippen LogP contribution in [-0.4, -0.2) is 24.0 Å². The quantitative estimate of drug-likeness (QED) is 0.925. The fourth-order valence-corrected chi connectivity index (χ4v) is 3.78. The Bertz CT molecular complexity index is 698. The highest BCUT2D eigenvalue weighted by molar-refractivity contribution is 5.30. The van der Waals surface area contributed by atoms with Crippen molar-refractivity contribution in [2.45, 2.75) is 39.3 Å². The van der Waals surface area contributed by atoms with Crippen LogP contribution in [0, 0.1) is 25.6 Å². The van der Waals surface area contributed by atoms with Crippen molar-refractivity contribution >= 4 is 0 Å². The molecule has 3 heteroatoms. The first-order chi connectivity index (χ1) is 11.5. The van der Waals surface area contributed by atoms with Crippen molar-refractivity contribution < 1.29 is 4.39 Å². The highest BCUT2D eigenvalue weighted by Gasteiger charge is 2.25. The molecule has 3 rings (SSSR count). The number of hydrogen-bond acceptors (Lipinski definition) is 2. The molecule has 1 saturated heterocycles. The minimum absolute atomic E-state index is 0.166. The van der Waals surface area contributed by atoms with Gasteiger partial charge in [0.1, 0.15) is 5.82 Å². The van der Waals surface area contributed by atoms with Crippen LogP contribution >= 0.6 is 0 Å². The van der Waals surface area contributed by atoms with E-state index >= 15 is 0 Å². The van der Waals surface area contributed by atoms with E-state index in [0.717, 1.165) is 38.0 Å². The number of piperidine rings is 1. The van der Waals surface area contributed by atoms with Crippen molar-refractivity contribution in [2.75, 3.05) is 13.1 Å². The van der Waals surface area contributed by atoms with Crippen LogP contribution in [0.25, 0.3) is 0 Å². The molecule has 1 heterocycles. The number of halogens is 1. The molecule has 0 radical (unpaired) electrons. The van der Waals surface area contributed by atoms with E-state index in [2.05, 4.69) is 36.9 Å². The summed E-state index contributed by atoms with van der Waals surface area (Å²) < 4.78 is 13.4. The molecule has 2 N–H and O–H groups in total. The second kappa shape index (κ2) is 7.45. The predicted octanol–water partition coefficient (Wildman–Crippen LogP) is 3.83. The van der Waals surface area contributed by atoms with E-state index in [-0.39, 0.29) is 11.9 Å². The first kappa shape index (κ1) is 17.1. The van der Waals surface area contributed by atoms with Gasteiger partial charge in [-0.1, -0.05) is 30.3 Å². The standard InChI is InChI=1S/C21H27FN2/c1-15-6-7-17(8-16(15)2)9-19-11-21(23)14-24(13-19)12-18-4-3-5-20(22)10-18/h3-8,10,19,21H,9,11-14,23H2,1-2H3. The fraction of sp³-hybridized carbons (Fsp3) is 0.429. The molecule has 0 amide bonds. The molecule has 24 heavy (non-hydrogen) atoms. The maximum atomic E-state index is 13.4. The van der Waals surface area contributed by atoms with Gasteiger partial charge in [-0.2, -0.15) is 0 Å². The van der Waals surface area contributed by atoms with E-state index < -0.39 is 0 Å². The highest BCUT2D eigenvalue weighted by Crippen LogP contribution is 2.23. The summed E-state index contributed by atoms with van der Waals surface area (Å²) in [7, 11) is 0. The van der Waals surface area contributed by atoms with Crippen LogP contribution < -0.4 is 5.73 Å². The Labute approximate surface area is 144 Å². The van der Waals surface area contributed by atoms with E-state index in [1.54, 1.807) is 12.1 Å². The molecule has 1 fully saturated rings. The van der Waals surface area contributed by atoms with Gasteiger partial charge in [0.2, 0.25) is 0 Å². The summed E-state index contributed by atoms with van der Waals surface area (Å²) in [5.74, 6) is 0.393. The Kier molecular flexibility index (Phi) is 5.32. The molecule has 128 valence electrons. The molecule has 0 aromatic heterocycles. The minimum Gasteiger partial charge on any atom is -0.327 e. The van der Waals surface area contributed by atoms with Crippen LogP contribution in [0.5, 0.6) is 0 Å². The number of nitrogens with zero attached hydrogens (tertiary/aromatic N) is 1. The molecular weight excluding hydrogens is 299 g/mol. The molecule has 0 spiro atoms. The predicted molar refractivity (Wildman–Crippen MR) is 97.4 cm³/mol. The largest absolute Gasteiger partial charge is 0.327 e. The van der Waals surface area contributed by atoms with Gasteiger partial charge >= 0.3 is 0 Å². The van der Waals surface area contributed by atoms with E-state index in [4.69, 9.17) is 5.73 Å². The Morgan fingerprint density at radius 1 is 1.04 bits per heavy atom. The summed E-state index contributed by atoms with van der Waals surface area (Å²) in [6.07, 6.45) is 2.13. The van der Waals surface area contributed by atoms with E-state index in [0.29, 0.717) is 5.92 Å². The van der Waals surface area contributed by atoms with E-state index in [1.165, 1.54) is 22.8 Å². The van der Waals surface area contributed by atoms with Crippen LogP contribution in [0.15, 0.2) is 42.5 Å². The Morgan fingerprint density at radius 2 is 1.88 bits per heavy atom. The van der Waals surface area contributed by atoms with Crippen LogP contribution in [0.2, 0.25) is 0 Å². The van der Waals surface area contributed by atoms with Crippen molar-refractivity contribution in [1.82, 2.24) is 4.90 Å². The zero-order chi connectivity index (χ0) is 17.1. The van der Waals surface area contributed by atoms with Gasteiger partial charge in [0.25, 0.3) is 0 Å². The number of hydrogen-bond donors (Lipinski definition) is 1. The van der Waals surface area contributed by atoms with Crippen LogP contribution in [0.3, 0.4) is 0 Å². The lowest BCUT2D eigenvalue weighted by molar-refractivity contribution is 0.149. The zero-order valence-corrected chi connectivity index (χ0v) is 14.6. The van der Waals surface area contributed by atoms with Gasteiger partial charge in [-0.3, -0.25) is 4.90 Å². The lowest BCUT2D eigenvalue weighted by atomic mass is 9.88. The van der Waals surface area contributed by atoms with Crippen LogP contribution in [0.4, 0.5) is 4.39 Å². The van der Waals surface area contributed by atoms with Crippen molar-refractivity contribution in [3.63, 3.8) is 0 Å². The van der Waals surface area contributed by atoms with E-state index in [9.17, 15) is 4.39 Å². The number of nitrogens with two attached hydrogens (primary N) is 1. The monoisotopic (exact) mass is 326 g/mol. The summed E-state index contributed by atoms with van der Waals surface area (Å²) in [6.45, 7) is 7.00. The Hall–Kier alpha value is -1.71. The van der Waals surface area contributed by atoms with Crippen molar-refractivity contribution in [3.05, 3.63) is 70.5 Å². The molecule has 1 aliphatic rings. The molecule has 0 saturated carbocycles. The Morgan fingerprint density at radius 3 is 2.62 bits per heavy atom. The smallest absolute Gasteiger partial charge is 0.123 e. The highest BCUT2D eigenvalue weighted by atomic mass is 19.1. The molecule has 2 nitrogen and oxygen atoms in total. The lowest BCUT2D eigenvalue weighted by Crippen LogP contribution is -2.47. The second-order valence-electron chi connectivity index (χ2n) is 7.31. The van der Waals surface area contributed by atoms with Gasteiger partial charge in [-0.05, 0) is 67.0 Å². The van der Waals surface area contributed by atoms with Gasteiger partial charge in [0.15, 0.2) is 0 Å². The number of likely N-dealkylation sites (tertiary alicyclic amines) is 1. The molecule has 0 bridgehead atoms. The van der Waals surface area contributed by atoms with Crippen LogP contribution in [-0.2, 0) is 13.0 Å². The maximum Gasteiger partial charge on any atom is 0.123 e. The fourth-order valence-electron chi connectivity index (χ4n) is 3.78. The third-order valence-electron chi connectivity index (χ3n) is 5.04. The molecular formula is C21H27FN2. The number of rotatable bonds is 4. The Balaban J connectivity index is 1.65. The zero-order valence-electron chi connectivity index (χ0n) is 14.6. The average molecular weight is 326 g/mol. The summed E-state index contributed by atoms with van der Waals surface area (Å²) in [4.78, 5) is 2.37. The van der Waals surface area contributed by atoms with Gasteiger partial charge in [-0.25, -0.2) is 4.39 Å². The van der Waals surface area contributed by atoms with Crippen LogP contribution in [0.1, 0.15) is 28.7 Å². The SMILES string of the molecule is Cc1ccc(CC2CC(N)CN(Cc3cccc(F)c3)C2)cc1C. The molecule has 2 aromatic rings. The summed E-state index contributed by atoms with van der Waals surface area (Å²) in [5.41, 5.74) is 11.4. The molecule has 2 aromatic carbocycles. The summed E-state index contributed by atoms with van der Waals surface area (Å²) in [6, 6.07) is 13.8. The maximum absolute atomic E-state index is 13.4. The molecule has 0 aliphatic carbocycles. The molecule has 2 unspecified atom stereocenters. The van der Waals surface area contributed by atoms with Crippen molar-refractivity contribution in [1.29, 1.82) is 0 Å². The lowest BCUT2D eigenvalue weighted by Gasteiger charge is -2.36. The van der Waals surface area contributed by atoms with Gasteiger partial charge in [0, 0.05) is 25.7 Å². The van der Waals surface area contributed by atoms with Gasteiger partial charge < -0.3 is 5.73 Å². The third kappa shape index (κ3) is 4.43. The number of aryl methyl sites for hydroxylation is 2. The summed E-state index contributed by atoms with van der Waals surface area (Å²) in [5, 5.41) is 0. The summed E-state index contributed by atoms with van der Waals surface area (Å²) >= 11 is 0. The third-order valence-corrected chi connectivity index (χ3v) is 5.04. The average Bonchev–Trinajstić information content (AvgIpc) is 2.50. The van der Waals surface area contributed by atoms with Crippen molar-refractivity contribution in [3.8, 4) is 0 Å². The number of benzene rings is 2. The molecule has 1 aliphatic heterocycles. The molecule has 2 atom stereocenters. The van der Waals surface area contributed by atoms with Crippen molar-refractivity contribution in [2.24, 2.45) is 11.7 Å². The van der Waals surface area contributed by atoms with E-state index in [1.807, 2.05) is 6.07 Å². The first-order valence-electron chi connectivity index (χ1n) is 8.78. The minimum atomic E-state index is -0.166. The topological polar surface area (TPSA) is 29.3 Å².